The molecular formula is C24H26ClN3O3. The first kappa shape index (κ1) is 21.2. The summed E-state index contributed by atoms with van der Waals surface area (Å²) in [4.78, 5) is 30.6. The number of halogens is 1. The van der Waals surface area contributed by atoms with Crippen molar-refractivity contribution in [3.63, 3.8) is 0 Å². The summed E-state index contributed by atoms with van der Waals surface area (Å²) in [6.45, 7) is 2.74. The molecule has 1 heterocycles. The molecule has 1 aliphatic rings. The number of rotatable bonds is 6. The number of hydrogen-bond donors (Lipinski definition) is 2. The molecule has 0 spiro atoms. The van der Waals surface area contributed by atoms with Crippen LogP contribution in [-0.2, 0) is 6.54 Å². The van der Waals surface area contributed by atoms with E-state index in [1.54, 1.807) is 29.2 Å². The van der Waals surface area contributed by atoms with Crippen molar-refractivity contribution >= 4 is 34.2 Å². The Bertz CT molecular complexity index is 1140. The van der Waals surface area contributed by atoms with Crippen LogP contribution in [0.4, 0.5) is 10.5 Å². The van der Waals surface area contributed by atoms with Gasteiger partial charge in [-0.3, -0.25) is 4.79 Å². The van der Waals surface area contributed by atoms with Crippen LogP contribution in [0, 0.1) is 0 Å². The molecule has 7 heteroatoms. The van der Waals surface area contributed by atoms with Crippen LogP contribution in [-0.4, -0.2) is 28.6 Å². The molecule has 1 saturated carbocycles. The number of amides is 2. The molecule has 1 aromatic heterocycles. The molecule has 162 valence electrons. The van der Waals surface area contributed by atoms with Gasteiger partial charge in [-0.25, -0.2) is 4.79 Å². The Morgan fingerprint density at radius 2 is 2.00 bits per heavy atom. The highest BCUT2D eigenvalue weighted by Gasteiger charge is 2.27. The predicted molar refractivity (Wildman–Crippen MR) is 124 cm³/mol. The number of carbonyl (C=O) groups is 1. The number of ether oxygens (including phenoxy) is 1. The molecule has 1 fully saturated rings. The Labute approximate surface area is 186 Å². The lowest BCUT2D eigenvalue weighted by molar-refractivity contribution is 0.184. The average Bonchev–Trinajstić information content (AvgIpc) is 3.27. The van der Waals surface area contributed by atoms with E-state index in [4.69, 9.17) is 16.3 Å². The van der Waals surface area contributed by atoms with E-state index in [9.17, 15) is 9.59 Å². The SMILES string of the molecule is CCOc1ccc2[nH]c(=O)c(CN(C(=O)Nc3cccc(Cl)c3)C3CCCC3)cc2c1. The maximum atomic E-state index is 13.2. The molecule has 4 rings (SSSR count). The second-order valence-electron chi connectivity index (χ2n) is 7.81. The molecule has 2 aromatic carbocycles. The molecule has 2 N–H and O–H groups in total. The third-order valence-corrected chi connectivity index (χ3v) is 5.88. The minimum atomic E-state index is -0.225. The molecule has 3 aromatic rings. The van der Waals surface area contributed by atoms with Gasteiger partial charge in [0.2, 0.25) is 0 Å². The predicted octanol–water partition coefficient (Wildman–Crippen LogP) is 5.56. The fraction of sp³-hybridized carbons (Fsp3) is 0.333. The van der Waals surface area contributed by atoms with E-state index in [1.807, 2.05) is 31.2 Å². The summed E-state index contributed by atoms with van der Waals surface area (Å²) in [5.41, 5.74) is 1.74. The number of aromatic nitrogens is 1. The smallest absolute Gasteiger partial charge is 0.322 e. The van der Waals surface area contributed by atoms with Crippen LogP contribution in [0.15, 0.2) is 53.3 Å². The van der Waals surface area contributed by atoms with Crippen LogP contribution in [0.3, 0.4) is 0 Å². The number of aromatic amines is 1. The lowest BCUT2D eigenvalue weighted by Gasteiger charge is -2.29. The van der Waals surface area contributed by atoms with E-state index >= 15 is 0 Å². The molecule has 2 amide bonds. The van der Waals surface area contributed by atoms with Crippen molar-refractivity contribution in [1.82, 2.24) is 9.88 Å². The van der Waals surface area contributed by atoms with Crippen molar-refractivity contribution in [2.75, 3.05) is 11.9 Å². The van der Waals surface area contributed by atoms with Crippen molar-refractivity contribution in [2.24, 2.45) is 0 Å². The van der Waals surface area contributed by atoms with Gasteiger partial charge in [-0.1, -0.05) is 30.5 Å². The molecule has 0 aliphatic heterocycles. The van der Waals surface area contributed by atoms with Crippen LogP contribution in [0.5, 0.6) is 5.75 Å². The molecule has 0 atom stereocenters. The Morgan fingerprint density at radius 3 is 2.74 bits per heavy atom. The van der Waals surface area contributed by atoms with E-state index in [2.05, 4.69) is 10.3 Å². The zero-order valence-electron chi connectivity index (χ0n) is 17.5. The number of hydrogen-bond acceptors (Lipinski definition) is 3. The Hall–Kier alpha value is -2.99. The van der Waals surface area contributed by atoms with E-state index in [1.165, 1.54) is 0 Å². The minimum Gasteiger partial charge on any atom is -0.494 e. The Morgan fingerprint density at radius 1 is 1.19 bits per heavy atom. The average molecular weight is 440 g/mol. The van der Waals surface area contributed by atoms with Gasteiger partial charge in [0, 0.05) is 33.2 Å². The van der Waals surface area contributed by atoms with E-state index in [0.29, 0.717) is 22.9 Å². The summed E-state index contributed by atoms with van der Waals surface area (Å²) in [5.74, 6) is 0.749. The summed E-state index contributed by atoms with van der Waals surface area (Å²) in [6, 6.07) is 14.4. The zero-order chi connectivity index (χ0) is 21.8. The van der Waals surface area contributed by atoms with Crippen LogP contribution in [0.1, 0.15) is 38.2 Å². The number of pyridine rings is 1. The fourth-order valence-electron chi connectivity index (χ4n) is 4.13. The van der Waals surface area contributed by atoms with Gasteiger partial charge in [0.15, 0.2) is 0 Å². The standard InChI is InChI=1S/C24H26ClN3O3/c1-2-31-21-10-11-22-16(13-21)12-17(23(29)27-22)15-28(20-8-3-4-9-20)24(30)26-19-7-5-6-18(25)14-19/h5-7,10-14,20H,2-4,8-9,15H2,1H3,(H,26,30)(H,27,29). The summed E-state index contributed by atoms with van der Waals surface area (Å²) in [5, 5.41) is 4.37. The maximum Gasteiger partial charge on any atom is 0.322 e. The molecule has 0 radical (unpaired) electrons. The Balaban J connectivity index is 1.63. The number of nitrogens with one attached hydrogen (secondary N) is 2. The molecule has 0 saturated heterocycles. The molecule has 0 bridgehead atoms. The van der Waals surface area contributed by atoms with Crippen molar-refractivity contribution in [2.45, 2.75) is 45.2 Å². The first-order valence-electron chi connectivity index (χ1n) is 10.7. The monoisotopic (exact) mass is 439 g/mol. The van der Waals surface area contributed by atoms with E-state index in [-0.39, 0.29) is 24.2 Å². The molecular weight excluding hydrogens is 414 g/mol. The van der Waals surface area contributed by atoms with Gasteiger partial charge in [0.1, 0.15) is 5.75 Å². The second-order valence-corrected chi connectivity index (χ2v) is 8.25. The number of anilines is 1. The summed E-state index contributed by atoms with van der Waals surface area (Å²) >= 11 is 6.06. The van der Waals surface area contributed by atoms with Gasteiger partial charge in [-0.15, -0.1) is 0 Å². The number of benzene rings is 2. The first-order valence-corrected chi connectivity index (χ1v) is 11.0. The highest BCUT2D eigenvalue weighted by atomic mass is 35.5. The number of urea groups is 1. The molecule has 0 unspecified atom stereocenters. The van der Waals surface area contributed by atoms with E-state index in [0.717, 1.165) is 42.3 Å². The van der Waals surface area contributed by atoms with Crippen LogP contribution < -0.4 is 15.6 Å². The quantitative estimate of drug-likeness (QED) is 0.528. The van der Waals surface area contributed by atoms with Gasteiger partial charge >= 0.3 is 6.03 Å². The Kier molecular flexibility index (Phi) is 6.47. The molecule has 1 aliphatic carbocycles. The number of nitrogens with zero attached hydrogens (tertiary/aromatic N) is 1. The van der Waals surface area contributed by atoms with Gasteiger partial charge in [-0.2, -0.15) is 0 Å². The topological polar surface area (TPSA) is 74.4 Å². The van der Waals surface area contributed by atoms with Crippen LogP contribution in [0.25, 0.3) is 10.9 Å². The number of fused-ring (bicyclic) bond motifs is 1. The summed E-state index contributed by atoms with van der Waals surface area (Å²) < 4.78 is 5.58. The summed E-state index contributed by atoms with van der Waals surface area (Å²) in [6.07, 6.45) is 4.03. The van der Waals surface area contributed by atoms with Gasteiger partial charge in [-0.05, 0) is 62.2 Å². The normalized spacial score (nSPS) is 14.0. The number of carbonyl (C=O) groups excluding carboxylic acids is 1. The lowest BCUT2D eigenvalue weighted by Crippen LogP contribution is -2.42. The lowest BCUT2D eigenvalue weighted by atomic mass is 10.1. The van der Waals surface area contributed by atoms with Crippen molar-refractivity contribution in [3.05, 3.63) is 69.5 Å². The molecule has 6 nitrogen and oxygen atoms in total. The summed E-state index contributed by atoms with van der Waals surface area (Å²) in [7, 11) is 0. The highest BCUT2D eigenvalue weighted by molar-refractivity contribution is 6.30. The van der Waals surface area contributed by atoms with Crippen LogP contribution >= 0.6 is 11.6 Å². The first-order chi connectivity index (χ1) is 15.0. The van der Waals surface area contributed by atoms with Gasteiger partial charge < -0.3 is 19.9 Å². The zero-order valence-corrected chi connectivity index (χ0v) is 18.2. The largest absolute Gasteiger partial charge is 0.494 e. The minimum absolute atomic E-state index is 0.101. The maximum absolute atomic E-state index is 13.2. The van der Waals surface area contributed by atoms with Gasteiger partial charge in [0.05, 0.1) is 13.2 Å². The van der Waals surface area contributed by atoms with E-state index < -0.39 is 0 Å². The van der Waals surface area contributed by atoms with Crippen LogP contribution in [0.2, 0.25) is 5.02 Å². The molecule has 31 heavy (non-hydrogen) atoms. The van der Waals surface area contributed by atoms with Gasteiger partial charge in [0.25, 0.3) is 5.56 Å². The third kappa shape index (κ3) is 5.02. The van der Waals surface area contributed by atoms with Crippen molar-refractivity contribution in [1.29, 1.82) is 0 Å². The fourth-order valence-corrected chi connectivity index (χ4v) is 4.32. The van der Waals surface area contributed by atoms with Crippen molar-refractivity contribution < 1.29 is 9.53 Å². The second kappa shape index (κ2) is 9.43. The highest BCUT2D eigenvalue weighted by Crippen LogP contribution is 2.27. The van der Waals surface area contributed by atoms with Crippen molar-refractivity contribution in [3.8, 4) is 5.75 Å². The number of H-pyrrole nitrogens is 1. The third-order valence-electron chi connectivity index (χ3n) is 5.65.